The van der Waals surface area contributed by atoms with Gasteiger partial charge < -0.3 is 5.32 Å². The van der Waals surface area contributed by atoms with Crippen LogP contribution >= 0.6 is 0 Å². The second-order valence-electron chi connectivity index (χ2n) is 7.06. The van der Waals surface area contributed by atoms with Crippen LogP contribution in [-0.4, -0.2) is 27.4 Å². The van der Waals surface area contributed by atoms with Crippen molar-refractivity contribution in [2.45, 2.75) is 63.7 Å². The molecule has 0 bridgehead atoms. The predicted octanol–water partition coefficient (Wildman–Crippen LogP) is 3.06. The number of rotatable bonds is 8. The van der Waals surface area contributed by atoms with Crippen molar-refractivity contribution in [2.24, 2.45) is 5.92 Å². The smallest absolute Gasteiger partial charge is 0.240 e. The van der Waals surface area contributed by atoms with Crippen LogP contribution in [0.1, 0.15) is 56.1 Å². The molecule has 1 aromatic rings. The monoisotopic (exact) mass is 366 g/mol. The number of carbonyl (C=O) groups excluding carboxylic acids is 1. The largest absolute Gasteiger partial charge is 0.355 e. The maximum absolute atomic E-state index is 12.3. The zero-order valence-electron chi connectivity index (χ0n) is 15.3. The molecule has 1 amide bonds. The van der Waals surface area contributed by atoms with Crippen LogP contribution < -0.4 is 10.0 Å². The Bertz CT molecular complexity index is 680. The van der Waals surface area contributed by atoms with E-state index in [0.29, 0.717) is 23.8 Å². The van der Waals surface area contributed by atoms with Gasteiger partial charge in [-0.3, -0.25) is 4.79 Å². The normalized spacial score (nSPS) is 15.9. The van der Waals surface area contributed by atoms with Gasteiger partial charge in [-0.1, -0.05) is 49.8 Å². The van der Waals surface area contributed by atoms with Crippen molar-refractivity contribution in [3.8, 4) is 0 Å². The average Bonchev–Trinajstić information content (AvgIpc) is 2.57. The van der Waals surface area contributed by atoms with Crippen molar-refractivity contribution >= 4 is 15.9 Å². The Hall–Kier alpha value is -1.40. The topological polar surface area (TPSA) is 75.3 Å². The third-order valence-electron chi connectivity index (χ3n) is 4.86. The maximum atomic E-state index is 12.3. The number of hydrogen-bond acceptors (Lipinski definition) is 3. The molecule has 2 rings (SSSR count). The fraction of sp³-hybridized carbons (Fsp3) is 0.632. The van der Waals surface area contributed by atoms with Crippen LogP contribution in [-0.2, 0) is 14.8 Å². The van der Waals surface area contributed by atoms with Crippen LogP contribution in [0.4, 0.5) is 0 Å². The highest BCUT2D eigenvalue weighted by atomic mass is 32.2. The predicted molar refractivity (Wildman–Crippen MR) is 99.9 cm³/mol. The van der Waals surface area contributed by atoms with Gasteiger partial charge in [-0.05, 0) is 37.8 Å². The van der Waals surface area contributed by atoms with Crippen LogP contribution in [0.15, 0.2) is 23.1 Å². The van der Waals surface area contributed by atoms with Crippen molar-refractivity contribution < 1.29 is 13.2 Å². The Labute approximate surface area is 151 Å². The summed E-state index contributed by atoms with van der Waals surface area (Å²) >= 11 is 0. The highest BCUT2D eigenvalue weighted by molar-refractivity contribution is 7.89. The quantitative estimate of drug-likeness (QED) is 0.694. The van der Waals surface area contributed by atoms with E-state index in [9.17, 15) is 13.2 Å². The average molecular weight is 367 g/mol. The van der Waals surface area contributed by atoms with Gasteiger partial charge in [0.25, 0.3) is 0 Å². The second-order valence-corrected chi connectivity index (χ2v) is 8.79. The molecule has 25 heavy (non-hydrogen) atoms. The van der Waals surface area contributed by atoms with Gasteiger partial charge in [0.15, 0.2) is 0 Å². The highest BCUT2D eigenvalue weighted by Gasteiger charge is 2.17. The van der Waals surface area contributed by atoms with Gasteiger partial charge in [-0.2, -0.15) is 0 Å². The van der Waals surface area contributed by atoms with Crippen LogP contribution in [0.5, 0.6) is 0 Å². The molecule has 1 aromatic carbocycles. The molecule has 0 aromatic heterocycles. The van der Waals surface area contributed by atoms with E-state index < -0.39 is 10.0 Å². The standard InChI is InChI=1S/C19H30N2O3S/c1-15-8-10-18(16(2)14-15)25(23,24)21-13-12-20-19(22)11-9-17-6-4-3-5-7-17/h8,10,14,17,21H,3-7,9,11-13H2,1-2H3,(H,20,22). The number of hydrogen-bond donors (Lipinski definition) is 2. The Morgan fingerprint density at radius 1 is 1.12 bits per heavy atom. The number of amides is 1. The van der Waals surface area contributed by atoms with Gasteiger partial charge in [0.2, 0.25) is 15.9 Å². The van der Waals surface area contributed by atoms with E-state index in [1.54, 1.807) is 19.1 Å². The van der Waals surface area contributed by atoms with E-state index in [4.69, 9.17) is 0 Å². The fourth-order valence-electron chi connectivity index (χ4n) is 3.47. The van der Waals surface area contributed by atoms with E-state index in [1.165, 1.54) is 32.1 Å². The van der Waals surface area contributed by atoms with Crippen molar-refractivity contribution in [3.05, 3.63) is 29.3 Å². The first-order chi connectivity index (χ1) is 11.9. The molecular formula is C19H30N2O3S. The van der Waals surface area contributed by atoms with Gasteiger partial charge >= 0.3 is 0 Å². The molecule has 140 valence electrons. The number of nitrogens with one attached hydrogen (secondary N) is 2. The summed E-state index contributed by atoms with van der Waals surface area (Å²) in [6.07, 6.45) is 7.85. The molecule has 2 N–H and O–H groups in total. The summed E-state index contributed by atoms with van der Waals surface area (Å²) in [4.78, 5) is 12.2. The summed E-state index contributed by atoms with van der Waals surface area (Å²) in [6, 6.07) is 5.26. The van der Waals surface area contributed by atoms with E-state index in [1.807, 2.05) is 13.0 Å². The van der Waals surface area contributed by atoms with Crippen LogP contribution in [0, 0.1) is 19.8 Å². The summed E-state index contributed by atoms with van der Waals surface area (Å²) in [5, 5.41) is 2.80. The van der Waals surface area contributed by atoms with Crippen molar-refractivity contribution in [1.29, 1.82) is 0 Å². The Morgan fingerprint density at radius 3 is 2.52 bits per heavy atom. The molecule has 0 atom stereocenters. The highest BCUT2D eigenvalue weighted by Crippen LogP contribution is 2.27. The number of carbonyl (C=O) groups is 1. The molecule has 0 heterocycles. The molecule has 1 aliphatic carbocycles. The van der Waals surface area contributed by atoms with E-state index >= 15 is 0 Å². The maximum Gasteiger partial charge on any atom is 0.240 e. The zero-order valence-corrected chi connectivity index (χ0v) is 16.1. The third kappa shape index (κ3) is 6.44. The lowest BCUT2D eigenvalue weighted by Crippen LogP contribution is -2.35. The molecule has 0 saturated heterocycles. The molecule has 6 heteroatoms. The van der Waals surface area contributed by atoms with Gasteiger partial charge in [0.1, 0.15) is 0 Å². The molecule has 0 radical (unpaired) electrons. The molecule has 0 unspecified atom stereocenters. The second kappa shape index (κ2) is 9.34. The van der Waals surface area contributed by atoms with Crippen LogP contribution in [0.25, 0.3) is 0 Å². The molecule has 0 aliphatic heterocycles. The minimum Gasteiger partial charge on any atom is -0.355 e. The van der Waals surface area contributed by atoms with E-state index in [-0.39, 0.29) is 12.5 Å². The fourth-order valence-corrected chi connectivity index (χ4v) is 4.72. The first-order valence-corrected chi connectivity index (χ1v) is 10.7. The van der Waals surface area contributed by atoms with Crippen molar-refractivity contribution in [2.75, 3.05) is 13.1 Å². The molecule has 1 aliphatic rings. The van der Waals surface area contributed by atoms with Gasteiger partial charge in [-0.25, -0.2) is 13.1 Å². The zero-order chi connectivity index (χ0) is 18.3. The van der Waals surface area contributed by atoms with E-state index in [0.717, 1.165) is 17.5 Å². The summed E-state index contributed by atoms with van der Waals surface area (Å²) < 4.78 is 27.2. The summed E-state index contributed by atoms with van der Waals surface area (Å²) in [5.41, 5.74) is 1.76. The number of benzene rings is 1. The van der Waals surface area contributed by atoms with E-state index in [2.05, 4.69) is 10.0 Å². The minimum atomic E-state index is -3.54. The SMILES string of the molecule is Cc1ccc(S(=O)(=O)NCCNC(=O)CCC2CCCCC2)c(C)c1. The lowest BCUT2D eigenvalue weighted by Gasteiger charge is -2.21. The van der Waals surface area contributed by atoms with Crippen LogP contribution in [0.3, 0.4) is 0 Å². The summed E-state index contributed by atoms with van der Waals surface area (Å²) in [6.45, 7) is 4.23. The number of sulfonamides is 1. The molecule has 1 fully saturated rings. The van der Waals surface area contributed by atoms with Crippen LogP contribution in [0.2, 0.25) is 0 Å². The first-order valence-electron chi connectivity index (χ1n) is 9.22. The lowest BCUT2D eigenvalue weighted by molar-refractivity contribution is -0.121. The first kappa shape index (κ1) is 19.9. The van der Waals surface area contributed by atoms with Gasteiger partial charge in [0, 0.05) is 19.5 Å². The summed E-state index contributed by atoms with van der Waals surface area (Å²) in [7, 11) is -3.54. The molecule has 5 nitrogen and oxygen atoms in total. The summed E-state index contributed by atoms with van der Waals surface area (Å²) in [5.74, 6) is 0.693. The molecule has 1 saturated carbocycles. The Kier molecular flexibility index (Phi) is 7.44. The van der Waals surface area contributed by atoms with Crippen molar-refractivity contribution in [1.82, 2.24) is 10.0 Å². The Morgan fingerprint density at radius 2 is 1.84 bits per heavy atom. The van der Waals surface area contributed by atoms with Gasteiger partial charge in [0.05, 0.1) is 4.90 Å². The molecule has 0 spiro atoms. The Balaban J connectivity index is 1.69. The molecular weight excluding hydrogens is 336 g/mol. The van der Waals surface area contributed by atoms with Gasteiger partial charge in [-0.15, -0.1) is 0 Å². The minimum absolute atomic E-state index is 0.0105. The number of aryl methyl sites for hydroxylation is 2. The van der Waals surface area contributed by atoms with Crippen molar-refractivity contribution in [3.63, 3.8) is 0 Å². The third-order valence-corrected chi connectivity index (χ3v) is 6.48. The lowest BCUT2D eigenvalue weighted by atomic mass is 9.86.